The van der Waals surface area contributed by atoms with Crippen LogP contribution in [0.1, 0.15) is 17.0 Å². The summed E-state index contributed by atoms with van der Waals surface area (Å²) in [5, 5.41) is 4.97. The average molecular weight is 267 g/mol. The molecule has 4 nitrogen and oxygen atoms in total. The van der Waals surface area contributed by atoms with Gasteiger partial charge in [0.2, 0.25) is 0 Å². The minimum atomic E-state index is 0.329. The molecule has 2 N–H and O–H groups in total. The lowest BCUT2D eigenvalue weighted by Crippen LogP contribution is -2.10. The summed E-state index contributed by atoms with van der Waals surface area (Å²) >= 11 is 10.9. The lowest BCUT2D eigenvalue weighted by atomic mass is 10.3. The smallest absolute Gasteiger partial charge is 0.153 e. The van der Waals surface area contributed by atoms with Crippen LogP contribution in [0.3, 0.4) is 0 Å². The maximum absolute atomic E-state index is 6.08. The minimum absolute atomic E-state index is 0.329. The van der Waals surface area contributed by atoms with Gasteiger partial charge < -0.3 is 5.73 Å². The number of aromatic nitrogens is 3. The first-order valence-electron chi connectivity index (χ1n) is 4.98. The number of nitrogens with two attached hydrogens (primary N) is 1. The summed E-state index contributed by atoms with van der Waals surface area (Å²) in [4.78, 5) is 4.59. The maximum atomic E-state index is 6.08. The minimum Gasteiger partial charge on any atom is -0.389 e. The summed E-state index contributed by atoms with van der Waals surface area (Å²) in [5.74, 6) is 0.692. The van der Waals surface area contributed by atoms with E-state index in [0.717, 1.165) is 17.0 Å². The number of hydrogen-bond donors (Lipinski definition) is 1. The second kappa shape index (κ2) is 4.43. The molecule has 88 valence electrons. The van der Waals surface area contributed by atoms with Gasteiger partial charge >= 0.3 is 0 Å². The summed E-state index contributed by atoms with van der Waals surface area (Å²) in [7, 11) is 0. The van der Waals surface area contributed by atoms with Crippen LogP contribution in [0.15, 0.2) is 18.3 Å². The Morgan fingerprint density at radius 2 is 2.12 bits per heavy atom. The van der Waals surface area contributed by atoms with Crippen LogP contribution in [-0.2, 0) is 0 Å². The van der Waals surface area contributed by atoms with Gasteiger partial charge in [0.1, 0.15) is 4.99 Å². The summed E-state index contributed by atoms with van der Waals surface area (Å²) < 4.78 is 1.70. The van der Waals surface area contributed by atoms with Crippen LogP contribution >= 0.6 is 23.8 Å². The van der Waals surface area contributed by atoms with E-state index in [1.54, 1.807) is 10.9 Å². The molecule has 2 rings (SSSR count). The molecule has 0 spiro atoms. The molecule has 0 amide bonds. The molecular formula is C11H11ClN4S. The molecule has 2 aromatic heterocycles. The Balaban J connectivity index is 2.47. The van der Waals surface area contributed by atoms with Crippen molar-refractivity contribution in [2.24, 2.45) is 5.73 Å². The molecule has 0 bridgehead atoms. The Bertz CT molecular complexity index is 574. The van der Waals surface area contributed by atoms with Gasteiger partial charge in [0.05, 0.1) is 16.4 Å². The highest BCUT2D eigenvalue weighted by molar-refractivity contribution is 7.80. The molecule has 6 heteroatoms. The highest BCUT2D eigenvalue weighted by atomic mass is 35.5. The van der Waals surface area contributed by atoms with Crippen molar-refractivity contribution in [3.05, 3.63) is 40.3 Å². The van der Waals surface area contributed by atoms with Crippen molar-refractivity contribution in [1.82, 2.24) is 14.8 Å². The van der Waals surface area contributed by atoms with Gasteiger partial charge in [-0.1, -0.05) is 23.8 Å². The van der Waals surface area contributed by atoms with Gasteiger partial charge in [0, 0.05) is 11.8 Å². The molecule has 0 unspecified atom stereocenters. The Labute approximate surface area is 109 Å². The van der Waals surface area contributed by atoms with E-state index in [4.69, 9.17) is 29.6 Å². The third-order valence-electron chi connectivity index (χ3n) is 2.45. The van der Waals surface area contributed by atoms with Gasteiger partial charge in [0.25, 0.3) is 0 Å². The van der Waals surface area contributed by atoms with E-state index in [9.17, 15) is 0 Å². The largest absolute Gasteiger partial charge is 0.389 e. The highest BCUT2D eigenvalue weighted by Crippen LogP contribution is 2.21. The third kappa shape index (κ3) is 2.16. The number of nitrogens with zero attached hydrogens (tertiary/aromatic N) is 3. The van der Waals surface area contributed by atoms with Crippen LogP contribution in [0, 0.1) is 13.8 Å². The monoisotopic (exact) mass is 266 g/mol. The van der Waals surface area contributed by atoms with Crippen molar-refractivity contribution in [2.75, 3.05) is 0 Å². The van der Waals surface area contributed by atoms with Crippen molar-refractivity contribution in [1.29, 1.82) is 0 Å². The van der Waals surface area contributed by atoms with Gasteiger partial charge in [-0.25, -0.2) is 9.67 Å². The van der Waals surface area contributed by atoms with Crippen molar-refractivity contribution in [2.45, 2.75) is 13.8 Å². The van der Waals surface area contributed by atoms with Gasteiger partial charge in [-0.3, -0.25) is 0 Å². The van der Waals surface area contributed by atoms with Crippen LogP contribution in [0.2, 0.25) is 5.02 Å². The molecule has 0 saturated carbocycles. The number of rotatable bonds is 2. The van der Waals surface area contributed by atoms with Crippen LogP contribution < -0.4 is 5.73 Å². The molecule has 17 heavy (non-hydrogen) atoms. The van der Waals surface area contributed by atoms with Gasteiger partial charge in [-0.05, 0) is 26.0 Å². The van der Waals surface area contributed by atoms with Crippen molar-refractivity contribution >= 4 is 28.8 Å². The Morgan fingerprint density at radius 1 is 1.41 bits per heavy atom. The fourth-order valence-electron chi connectivity index (χ4n) is 1.50. The lowest BCUT2D eigenvalue weighted by Gasteiger charge is -2.04. The van der Waals surface area contributed by atoms with Crippen LogP contribution in [0.5, 0.6) is 0 Å². The molecule has 0 aromatic carbocycles. The zero-order chi connectivity index (χ0) is 12.6. The normalized spacial score (nSPS) is 10.5. The fourth-order valence-corrected chi connectivity index (χ4v) is 1.74. The zero-order valence-electron chi connectivity index (χ0n) is 9.44. The summed E-state index contributed by atoms with van der Waals surface area (Å²) in [6, 6.07) is 3.62. The topological polar surface area (TPSA) is 56.7 Å². The number of pyridine rings is 1. The van der Waals surface area contributed by atoms with Crippen molar-refractivity contribution in [3.63, 3.8) is 0 Å². The second-order valence-corrected chi connectivity index (χ2v) is 4.48. The Morgan fingerprint density at radius 3 is 2.53 bits per heavy atom. The molecule has 2 heterocycles. The molecule has 0 saturated heterocycles. The van der Waals surface area contributed by atoms with Gasteiger partial charge in [-0.15, -0.1) is 0 Å². The van der Waals surface area contributed by atoms with Crippen LogP contribution in [0.4, 0.5) is 0 Å². The lowest BCUT2D eigenvalue weighted by molar-refractivity contribution is 0.806. The van der Waals surface area contributed by atoms with E-state index in [2.05, 4.69) is 10.1 Å². The molecule has 0 aliphatic rings. The third-order valence-corrected chi connectivity index (χ3v) is 3.24. The maximum Gasteiger partial charge on any atom is 0.153 e. The zero-order valence-corrected chi connectivity index (χ0v) is 11.0. The predicted octanol–water partition coefficient (Wildman–Crippen LogP) is 2.17. The molecule has 0 aliphatic heterocycles. The van der Waals surface area contributed by atoms with Crippen molar-refractivity contribution in [3.8, 4) is 5.82 Å². The SMILES string of the molecule is Cc1nn(-c2ccc(C(N)=S)cn2)c(C)c1Cl. The van der Waals surface area contributed by atoms with Gasteiger partial charge in [-0.2, -0.15) is 5.10 Å². The Hall–Kier alpha value is -1.46. The molecule has 2 aromatic rings. The molecular weight excluding hydrogens is 256 g/mol. The van der Waals surface area contributed by atoms with E-state index >= 15 is 0 Å². The number of aryl methyl sites for hydroxylation is 1. The van der Waals surface area contributed by atoms with Crippen molar-refractivity contribution < 1.29 is 0 Å². The van der Waals surface area contributed by atoms with Crippen LogP contribution in [0.25, 0.3) is 5.82 Å². The first-order valence-corrected chi connectivity index (χ1v) is 5.77. The molecule has 0 radical (unpaired) electrons. The fraction of sp³-hybridized carbons (Fsp3) is 0.182. The molecule has 0 fully saturated rings. The quantitative estimate of drug-likeness (QED) is 0.847. The summed E-state index contributed by atoms with van der Waals surface area (Å²) in [6.45, 7) is 3.75. The van der Waals surface area contributed by atoms with E-state index in [1.165, 1.54) is 0 Å². The molecule has 0 aliphatic carbocycles. The Kier molecular flexibility index (Phi) is 3.13. The standard InChI is InChI=1S/C11H11ClN4S/c1-6-10(12)7(2)16(15-6)9-4-3-8(5-14-9)11(13)17/h3-5H,1-2H3,(H2,13,17). The number of hydrogen-bond acceptors (Lipinski definition) is 3. The van der Waals surface area contributed by atoms with Gasteiger partial charge in [0.15, 0.2) is 5.82 Å². The highest BCUT2D eigenvalue weighted by Gasteiger charge is 2.11. The molecule has 0 atom stereocenters. The summed E-state index contributed by atoms with van der Waals surface area (Å²) in [6.07, 6.45) is 1.63. The first kappa shape index (κ1) is 12.0. The average Bonchev–Trinajstić information content (AvgIpc) is 2.57. The number of halogens is 1. The van der Waals surface area contributed by atoms with Crippen LogP contribution in [-0.4, -0.2) is 19.8 Å². The van der Waals surface area contributed by atoms with E-state index in [-0.39, 0.29) is 0 Å². The van der Waals surface area contributed by atoms with E-state index in [0.29, 0.717) is 15.8 Å². The van der Waals surface area contributed by atoms with E-state index in [1.807, 2.05) is 26.0 Å². The number of thiocarbonyl (C=S) groups is 1. The van der Waals surface area contributed by atoms with E-state index < -0.39 is 0 Å². The first-order chi connectivity index (χ1) is 8.00. The second-order valence-electron chi connectivity index (χ2n) is 3.67. The predicted molar refractivity (Wildman–Crippen MR) is 71.7 cm³/mol. The summed E-state index contributed by atoms with van der Waals surface area (Å²) in [5.41, 5.74) is 7.88.